The minimum absolute atomic E-state index is 0.0176. The Morgan fingerprint density at radius 3 is 2.73 bits per heavy atom. The number of hydrogen-bond acceptors (Lipinski definition) is 5. The van der Waals surface area contributed by atoms with Crippen LogP contribution in [0.3, 0.4) is 0 Å². The van der Waals surface area contributed by atoms with Crippen LogP contribution in [0.1, 0.15) is 5.76 Å². The third-order valence-electron chi connectivity index (χ3n) is 2.97. The molecule has 0 atom stereocenters. The average Bonchev–Trinajstić information content (AvgIpc) is 3.06. The molecule has 1 aliphatic rings. The number of nitrogens with one attached hydrogen (secondary N) is 2. The van der Waals surface area contributed by atoms with Gasteiger partial charge in [-0.25, -0.2) is 0 Å². The fourth-order valence-electron chi connectivity index (χ4n) is 1.98. The van der Waals surface area contributed by atoms with E-state index in [0.717, 1.165) is 0 Å². The average molecular weight is 315 g/mol. The molecule has 1 fully saturated rings. The van der Waals surface area contributed by atoms with Gasteiger partial charge in [-0.3, -0.25) is 20.2 Å². The summed E-state index contributed by atoms with van der Waals surface area (Å²) in [5.74, 6) is 0.568. The van der Waals surface area contributed by atoms with Gasteiger partial charge >= 0.3 is 0 Å². The summed E-state index contributed by atoms with van der Waals surface area (Å²) in [6, 6.07) is 9.46. The predicted molar refractivity (Wildman–Crippen MR) is 82.7 cm³/mol. The van der Waals surface area contributed by atoms with Gasteiger partial charge in [-0.05, 0) is 24.4 Å². The van der Waals surface area contributed by atoms with E-state index in [0.29, 0.717) is 17.1 Å². The molecule has 1 aromatic heterocycles. The van der Waals surface area contributed by atoms with Crippen molar-refractivity contribution in [3.8, 4) is 11.3 Å². The number of hydrogen-bond donors (Lipinski definition) is 2. The molecule has 7 nitrogen and oxygen atoms in total. The number of benzene rings is 1. The molecular weight excluding hydrogens is 306 g/mol. The van der Waals surface area contributed by atoms with Crippen LogP contribution in [-0.4, -0.2) is 15.9 Å². The molecule has 1 saturated heterocycles. The Bertz CT molecular complexity index is 825. The van der Waals surface area contributed by atoms with Gasteiger partial charge in [-0.1, -0.05) is 12.1 Å². The summed E-state index contributed by atoms with van der Waals surface area (Å²) < 4.78 is 5.59. The van der Waals surface area contributed by atoms with Crippen LogP contribution in [0.25, 0.3) is 17.4 Å². The fraction of sp³-hybridized carbons (Fsp3) is 0. The van der Waals surface area contributed by atoms with Crippen molar-refractivity contribution in [3.05, 3.63) is 58.0 Å². The summed E-state index contributed by atoms with van der Waals surface area (Å²) >= 11 is 4.83. The lowest BCUT2D eigenvalue weighted by molar-refractivity contribution is -0.384. The van der Waals surface area contributed by atoms with E-state index in [-0.39, 0.29) is 22.4 Å². The summed E-state index contributed by atoms with van der Waals surface area (Å²) in [6.07, 6.45) is 1.51. The Hall–Kier alpha value is -3.00. The van der Waals surface area contributed by atoms with E-state index >= 15 is 0 Å². The number of non-ortho nitro benzene ring substituents is 1. The number of furan rings is 1. The second-order valence-electron chi connectivity index (χ2n) is 4.48. The Morgan fingerprint density at radius 1 is 1.23 bits per heavy atom. The Balaban J connectivity index is 1.90. The first-order valence-corrected chi connectivity index (χ1v) is 6.62. The molecule has 8 heteroatoms. The molecule has 1 aliphatic heterocycles. The molecule has 2 heterocycles. The number of thiocarbonyl (C=S) groups is 1. The number of nitro benzene ring substituents is 1. The Kier molecular flexibility index (Phi) is 3.43. The maximum absolute atomic E-state index is 11.5. The molecule has 0 aliphatic carbocycles. The zero-order valence-corrected chi connectivity index (χ0v) is 11.8. The van der Waals surface area contributed by atoms with Gasteiger partial charge in [0.25, 0.3) is 11.6 Å². The van der Waals surface area contributed by atoms with E-state index in [4.69, 9.17) is 16.6 Å². The fourth-order valence-corrected chi connectivity index (χ4v) is 2.19. The molecule has 3 rings (SSSR count). The SMILES string of the molecule is O=C1NC(=S)N/C1=C/c1ccc(-c2cccc([N+](=O)[O-])c2)o1. The summed E-state index contributed by atoms with van der Waals surface area (Å²) in [7, 11) is 0. The van der Waals surface area contributed by atoms with Crippen molar-refractivity contribution in [3.63, 3.8) is 0 Å². The van der Waals surface area contributed by atoms with Crippen LogP contribution in [0.2, 0.25) is 0 Å². The molecule has 1 amide bonds. The largest absolute Gasteiger partial charge is 0.457 e. The minimum Gasteiger partial charge on any atom is -0.457 e. The molecule has 0 spiro atoms. The first-order valence-electron chi connectivity index (χ1n) is 6.21. The highest BCUT2D eigenvalue weighted by molar-refractivity contribution is 7.80. The molecule has 0 bridgehead atoms. The van der Waals surface area contributed by atoms with Crippen molar-refractivity contribution in [1.82, 2.24) is 10.6 Å². The zero-order valence-electron chi connectivity index (χ0n) is 11.0. The molecule has 0 unspecified atom stereocenters. The predicted octanol–water partition coefficient (Wildman–Crippen LogP) is 2.20. The van der Waals surface area contributed by atoms with Gasteiger partial charge in [0, 0.05) is 23.8 Å². The first-order chi connectivity index (χ1) is 10.5. The van der Waals surface area contributed by atoms with E-state index in [1.807, 2.05) is 0 Å². The maximum Gasteiger partial charge on any atom is 0.274 e. The van der Waals surface area contributed by atoms with Crippen LogP contribution in [-0.2, 0) is 4.79 Å². The summed E-state index contributed by atoms with van der Waals surface area (Å²) in [4.78, 5) is 21.9. The van der Waals surface area contributed by atoms with Gasteiger partial charge in [0.05, 0.1) is 4.92 Å². The number of rotatable bonds is 3. The highest BCUT2D eigenvalue weighted by Crippen LogP contribution is 2.26. The van der Waals surface area contributed by atoms with Crippen molar-refractivity contribution < 1.29 is 14.1 Å². The second-order valence-corrected chi connectivity index (χ2v) is 4.88. The van der Waals surface area contributed by atoms with Gasteiger partial charge in [-0.2, -0.15) is 0 Å². The van der Waals surface area contributed by atoms with Crippen LogP contribution >= 0.6 is 12.2 Å². The van der Waals surface area contributed by atoms with Gasteiger partial charge < -0.3 is 9.73 Å². The standard InChI is InChI=1S/C14H9N3O4S/c18-13-11(15-14(22)16-13)7-10-4-5-12(21-10)8-2-1-3-9(6-8)17(19)20/h1-7H,(H2,15,16,18,22)/b11-7+. The maximum atomic E-state index is 11.5. The minimum atomic E-state index is -0.469. The molecule has 1 aromatic carbocycles. The van der Waals surface area contributed by atoms with E-state index in [1.165, 1.54) is 18.2 Å². The van der Waals surface area contributed by atoms with Gasteiger partial charge in [0.1, 0.15) is 17.2 Å². The number of carbonyl (C=O) groups excluding carboxylic acids is 1. The van der Waals surface area contributed by atoms with Crippen molar-refractivity contribution >= 4 is 35.0 Å². The van der Waals surface area contributed by atoms with Crippen molar-refractivity contribution in [2.75, 3.05) is 0 Å². The van der Waals surface area contributed by atoms with Crippen LogP contribution < -0.4 is 10.6 Å². The number of nitrogens with zero attached hydrogens (tertiary/aromatic N) is 1. The van der Waals surface area contributed by atoms with E-state index < -0.39 is 4.92 Å². The van der Waals surface area contributed by atoms with E-state index in [1.54, 1.807) is 24.3 Å². The van der Waals surface area contributed by atoms with E-state index in [9.17, 15) is 14.9 Å². The van der Waals surface area contributed by atoms with Gasteiger partial charge in [-0.15, -0.1) is 0 Å². The zero-order chi connectivity index (χ0) is 15.7. The normalized spacial score (nSPS) is 15.7. The monoisotopic (exact) mass is 315 g/mol. The quantitative estimate of drug-likeness (QED) is 0.390. The molecule has 2 aromatic rings. The topological polar surface area (TPSA) is 97.4 Å². The lowest BCUT2D eigenvalue weighted by Crippen LogP contribution is -2.21. The Labute approximate surface area is 129 Å². The second kappa shape index (κ2) is 5.41. The smallest absolute Gasteiger partial charge is 0.274 e. The molecule has 22 heavy (non-hydrogen) atoms. The van der Waals surface area contributed by atoms with Crippen LogP contribution in [0, 0.1) is 10.1 Å². The summed E-state index contributed by atoms with van der Waals surface area (Å²) in [5.41, 5.74) is 0.846. The highest BCUT2D eigenvalue weighted by atomic mass is 32.1. The lowest BCUT2D eigenvalue weighted by atomic mass is 10.1. The molecular formula is C14H9N3O4S. The van der Waals surface area contributed by atoms with Crippen molar-refractivity contribution in [2.24, 2.45) is 0 Å². The summed E-state index contributed by atoms with van der Waals surface area (Å²) in [5, 5.41) is 16.2. The number of carbonyl (C=O) groups is 1. The van der Waals surface area contributed by atoms with Crippen LogP contribution in [0.4, 0.5) is 5.69 Å². The molecule has 110 valence electrons. The third-order valence-corrected chi connectivity index (χ3v) is 3.18. The lowest BCUT2D eigenvalue weighted by Gasteiger charge is -1.97. The number of nitro groups is 1. The molecule has 2 N–H and O–H groups in total. The highest BCUT2D eigenvalue weighted by Gasteiger charge is 2.20. The van der Waals surface area contributed by atoms with Gasteiger partial charge in [0.2, 0.25) is 0 Å². The van der Waals surface area contributed by atoms with Crippen LogP contribution in [0.15, 0.2) is 46.5 Å². The third kappa shape index (κ3) is 2.72. The van der Waals surface area contributed by atoms with Gasteiger partial charge in [0.15, 0.2) is 5.11 Å². The number of amides is 1. The Morgan fingerprint density at radius 2 is 2.05 bits per heavy atom. The van der Waals surface area contributed by atoms with Crippen molar-refractivity contribution in [1.29, 1.82) is 0 Å². The molecule has 0 saturated carbocycles. The van der Waals surface area contributed by atoms with Crippen LogP contribution in [0.5, 0.6) is 0 Å². The van der Waals surface area contributed by atoms with Crippen molar-refractivity contribution in [2.45, 2.75) is 0 Å². The molecule has 0 radical (unpaired) electrons. The first kappa shape index (κ1) is 14.0. The summed E-state index contributed by atoms with van der Waals surface area (Å²) in [6.45, 7) is 0. The van der Waals surface area contributed by atoms with E-state index in [2.05, 4.69) is 10.6 Å².